The van der Waals surface area contributed by atoms with Gasteiger partial charge in [-0.1, -0.05) is 19.1 Å². The number of amides is 1. The van der Waals surface area contributed by atoms with Crippen LogP contribution >= 0.6 is 0 Å². The molecule has 0 spiro atoms. The van der Waals surface area contributed by atoms with E-state index in [0.29, 0.717) is 6.42 Å². The summed E-state index contributed by atoms with van der Waals surface area (Å²) in [7, 11) is 0. The van der Waals surface area contributed by atoms with E-state index in [9.17, 15) is 18.0 Å². The zero-order valence-corrected chi connectivity index (χ0v) is 9.62. The number of hydrogen-bond donors (Lipinski definition) is 2. The maximum Gasteiger partial charge on any atom is 0.573 e. The van der Waals surface area contributed by atoms with Crippen LogP contribution in [-0.2, 0) is 4.79 Å². The van der Waals surface area contributed by atoms with Gasteiger partial charge >= 0.3 is 6.36 Å². The van der Waals surface area contributed by atoms with Gasteiger partial charge in [-0.2, -0.15) is 0 Å². The van der Waals surface area contributed by atoms with E-state index in [-0.39, 0.29) is 5.69 Å². The predicted molar refractivity (Wildman–Crippen MR) is 60.0 cm³/mol. The van der Waals surface area contributed by atoms with Crippen LogP contribution in [0.3, 0.4) is 0 Å². The lowest BCUT2D eigenvalue weighted by molar-refractivity contribution is -0.274. The van der Waals surface area contributed by atoms with Crippen molar-refractivity contribution in [3.05, 3.63) is 24.3 Å². The van der Waals surface area contributed by atoms with Gasteiger partial charge in [0.05, 0.1) is 11.7 Å². The highest BCUT2D eigenvalue weighted by molar-refractivity contribution is 5.95. The van der Waals surface area contributed by atoms with E-state index in [0.717, 1.165) is 6.07 Å². The van der Waals surface area contributed by atoms with Crippen LogP contribution in [0.25, 0.3) is 0 Å². The molecule has 1 rings (SSSR count). The maximum atomic E-state index is 12.1. The largest absolute Gasteiger partial charge is 0.573 e. The third kappa shape index (κ3) is 4.25. The molecule has 1 aromatic carbocycles. The molecular formula is C11H13F3N2O2. The van der Waals surface area contributed by atoms with Gasteiger partial charge in [-0.05, 0) is 18.6 Å². The van der Waals surface area contributed by atoms with Gasteiger partial charge < -0.3 is 15.8 Å². The van der Waals surface area contributed by atoms with Crippen molar-refractivity contribution in [1.29, 1.82) is 0 Å². The Labute approximate surface area is 102 Å². The van der Waals surface area contributed by atoms with Crippen molar-refractivity contribution in [2.45, 2.75) is 25.7 Å². The van der Waals surface area contributed by atoms with Crippen LogP contribution < -0.4 is 15.8 Å². The Balaban J connectivity index is 2.86. The fraction of sp³-hybridized carbons (Fsp3) is 0.364. The van der Waals surface area contributed by atoms with Crippen molar-refractivity contribution < 1.29 is 22.7 Å². The summed E-state index contributed by atoms with van der Waals surface area (Å²) >= 11 is 0. The monoisotopic (exact) mass is 262 g/mol. The number of hydrogen-bond acceptors (Lipinski definition) is 3. The zero-order valence-electron chi connectivity index (χ0n) is 9.62. The molecule has 7 heteroatoms. The van der Waals surface area contributed by atoms with E-state index in [2.05, 4.69) is 10.1 Å². The van der Waals surface area contributed by atoms with Crippen molar-refractivity contribution in [3.63, 3.8) is 0 Å². The summed E-state index contributed by atoms with van der Waals surface area (Å²) in [5.41, 5.74) is 5.40. The molecule has 0 bridgehead atoms. The highest BCUT2D eigenvalue weighted by Crippen LogP contribution is 2.29. The lowest BCUT2D eigenvalue weighted by atomic mass is 10.2. The lowest BCUT2D eigenvalue weighted by Crippen LogP contribution is -2.35. The molecule has 0 aliphatic rings. The van der Waals surface area contributed by atoms with Crippen molar-refractivity contribution >= 4 is 11.6 Å². The van der Waals surface area contributed by atoms with E-state index in [1.54, 1.807) is 6.92 Å². The SMILES string of the molecule is CC[C@@H](N)C(=O)Nc1ccccc1OC(F)(F)F. The first-order valence-corrected chi connectivity index (χ1v) is 5.24. The number of para-hydroxylation sites is 2. The Kier molecular flexibility index (Phi) is 4.55. The summed E-state index contributed by atoms with van der Waals surface area (Å²) in [6.07, 6.45) is -4.43. The second kappa shape index (κ2) is 5.72. The van der Waals surface area contributed by atoms with Crippen LogP contribution in [0.2, 0.25) is 0 Å². The molecule has 0 saturated carbocycles. The van der Waals surface area contributed by atoms with E-state index < -0.39 is 24.1 Å². The number of carbonyl (C=O) groups excluding carboxylic acids is 1. The minimum atomic E-state index is -4.81. The summed E-state index contributed by atoms with van der Waals surface area (Å²) in [5.74, 6) is -1.03. The van der Waals surface area contributed by atoms with Crippen LogP contribution in [0.4, 0.5) is 18.9 Å². The molecule has 100 valence electrons. The molecule has 18 heavy (non-hydrogen) atoms. The molecule has 0 aliphatic heterocycles. The van der Waals surface area contributed by atoms with Crippen LogP contribution in [0.5, 0.6) is 5.75 Å². The normalized spacial score (nSPS) is 12.9. The van der Waals surface area contributed by atoms with Crippen molar-refractivity contribution in [2.24, 2.45) is 5.73 Å². The third-order valence-electron chi connectivity index (χ3n) is 2.15. The Bertz CT molecular complexity index is 421. The molecule has 1 amide bonds. The summed E-state index contributed by atoms with van der Waals surface area (Å²) in [5, 5.41) is 2.29. The number of carbonyl (C=O) groups is 1. The minimum absolute atomic E-state index is 0.0660. The number of halogens is 3. The standard InChI is InChI=1S/C11H13F3N2O2/c1-2-7(15)10(17)16-8-5-3-4-6-9(8)18-11(12,13)14/h3-7H,2,15H2,1H3,(H,16,17)/t7-/m1/s1. The topological polar surface area (TPSA) is 64.4 Å². The zero-order chi connectivity index (χ0) is 13.8. The molecule has 0 aromatic heterocycles. The van der Waals surface area contributed by atoms with Crippen molar-refractivity contribution in [1.82, 2.24) is 0 Å². The summed E-state index contributed by atoms with van der Waals surface area (Å²) in [6.45, 7) is 1.70. The quantitative estimate of drug-likeness (QED) is 0.874. The van der Waals surface area contributed by atoms with Gasteiger partial charge in [-0.15, -0.1) is 13.2 Å². The number of nitrogens with one attached hydrogen (secondary N) is 1. The number of benzene rings is 1. The Morgan fingerprint density at radius 1 is 1.44 bits per heavy atom. The van der Waals surface area contributed by atoms with E-state index >= 15 is 0 Å². The second-order valence-corrected chi connectivity index (χ2v) is 3.55. The second-order valence-electron chi connectivity index (χ2n) is 3.55. The van der Waals surface area contributed by atoms with Crippen molar-refractivity contribution in [2.75, 3.05) is 5.32 Å². The Morgan fingerprint density at radius 3 is 2.61 bits per heavy atom. The fourth-order valence-corrected chi connectivity index (χ4v) is 1.19. The van der Waals surface area contributed by atoms with Gasteiger partial charge in [0.2, 0.25) is 5.91 Å². The molecule has 1 aromatic rings. The number of nitrogens with two attached hydrogens (primary N) is 1. The predicted octanol–water partition coefficient (Wildman–Crippen LogP) is 2.26. The van der Waals surface area contributed by atoms with Gasteiger partial charge in [-0.25, -0.2) is 0 Å². The molecule has 1 atom stereocenters. The van der Waals surface area contributed by atoms with Crippen LogP contribution in [0.15, 0.2) is 24.3 Å². The molecule has 0 saturated heterocycles. The van der Waals surface area contributed by atoms with Crippen LogP contribution in [0, 0.1) is 0 Å². The number of anilines is 1. The number of rotatable bonds is 4. The van der Waals surface area contributed by atoms with Gasteiger partial charge in [0.15, 0.2) is 5.75 Å². The van der Waals surface area contributed by atoms with Crippen LogP contribution in [0.1, 0.15) is 13.3 Å². The average Bonchev–Trinajstić information content (AvgIpc) is 2.28. The first-order valence-electron chi connectivity index (χ1n) is 5.24. The third-order valence-corrected chi connectivity index (χ3v) is 2.15. The smallest absolute Gasteiger partial charge is 0.404 e. The molecule has 3 N–H and O–H groups in total. The van der Waals surface area contributed by atoms with Gasteiger partial charge in [0.25, 0.3) is 0 Å². The molecule has 0 unspecified atom stereocenters. The van der Waals surface area contributed by atoms with E-state index in [1.165, 1.54) is 18.2 Å². The van der Waals surface area contributed by atoms with E-state index in [4.69, 9.17) is 5.73 Å². The minimum Gasteiger partial charge on any atom is -0.404 e. The Morgan fingerprint density at radius 2 is 2.06 bits per heavy atom. The fourth-order valence-electron chi connectivity index (χ4n) is 1.19. The molecule has 0 aliphatic carbocycles. The molecule has 0 radical (unpaired) electrons. The summed E-state index contributed by atoms with van der Waals surface area (Å²) < 4.78 is 40.2. The molecule has 4 nitrogen and oxygen atoms in total. The average molecular weight is 262 g/mol. The van der Waals surface area contributed by atoms with Gasteiger partial charge in [0.1, 0.15) is 0 Å². The number of ether oxygens (including phenoxy) is 1. The highest BCUT2D eigenvalue weighted by Gasteiger charge is 2.32. The van der Waals surface area contributed by atoms with E-state index in [1.807, 2.05) is 0 Å². The summed E-state index contributed by atoms with van der Waals surface area (Å²) in [4.78, 5) is 11.5. The highest BCUT2D eigenvalue weighted by atomic mass is 19.4. The Hall–Kier alpha value is -1.76. The van der Waals surface area contributed by atoms with Crippen LogP contribution in [-0.4, -0.2) is 18.3 Å². The van der Waals surface area contributed by atoms with Crippen molar-refractivity contribution in [3.8, 4) is 5.75 Å². The van der Waals surface area contributed by atoms with Gasteiger partial charge in [0, 0.05) is 0 Å². The lowest BCUT2D eigenvalue weighted by Gasteiger charge is -2.15. The first kappa shape index (κ1) is 14.3. The molecular weight excluding hydrogens is 249 g/mol. The number of alkyl halides is 3. The molecule has 0 heterocycles. The molecule has 0 fully saturated rings. The first-order chi connectivity index (χ1) is 8.33. The summed E-state index contributed by atoms with van der Waals surface area (Å²) in [6, 6.07) is 4.50. The van der Waals surface area contributed by atoms with Gasteiger partial charge in [-0.3, -0.25) is 4.79 Å². The maximum absolute atomic E-state index is 12.1.